The van der Waals surface area contributed by atoms with Crippen LogP contribution in [-0.4, -0.2) is 13.1 Å². The van der Waals surface area contributed by atoms with E-state index < -0.39 is 34.1 Å². The third-order valence-electron chi connectivity index (χ3n) is 1.76. The fourth-order valence-corrected chi connectivity index (χ4v) is 1.23. The van der Waals surface area contributed by atoms with Gasteiger partial charge in [0.2, 0.25) is 0 Å². The third kappa shape index (κ3) is 2.44. The van der Waals surface area contributed by atoms with E-state index in [1.165, 1.54) is 0 Å². The standard InChI is InChI=1S/C9H5ClF4O2/c1-16-8(15)5-2-4(9(12,13)14)3-6(10)7(5)11/h2-3H,1H3. The van der Waals surface area contributed by atoms with Gasteiger partial charge in [-0.15, -0.1) is 0 Å². The van der Waals surface area contributed by atoms with Crippen molar-refractivity contribution < 1.29 is 27.1 Å². The number of benzene rings is 1. The second kappa shape index (κ2) is 4.29. The maximum atomic E-state index is 13.2. The minimum atomic E-state index is -4.71. The van der Waals surface area contributed by atoms with Crippen molar-refractivity contribution in [2.45, 2.75) is 6.18 Å². The molecule has 0 aliphatic rings. The molecule has 0 spiro atoms. The van der Waals surface area contributed by atoms with Crippen LogP contribution in [-0.2, 0) is 10.9 Å². The smallest absolute Gasteiger partial charge is 0.416 e. The summed E-state index contributed by atoms with van der Waals surface area (Å²) >= 11 is 5.24. The van der Waals surface area contributed by atoms with Gasteiger partial charge in [-0.1, -0.05) is 11.6 Å². The van der Waals surface area contributed by atoms with Crippen molar-refractivity contribution in [3.63, 3.8) is 0 Å². The van der Waals surface area contributed by atoms with E-state index in [0.29, 0.717) is 12.1 Å². The molecule has 0 bridgehead atoms. The normalized spacial score (nSPS) is 11.4. The Kier molecular flexibility index (Phi) is 3.42. The van der Waals surface area contributed by atoms with Crippen molar-refractivity contribution in [1.82, 2.24) is 0 Å². The molecule has 0 aliphatic heterocycles. The number of hydrogen-bond acceptors (Lipinski definition) is 2. The van der Waals surface area contributed by atoms with Gasteiger partial charge in [-0.05, 0) is 12.1 Å². The molecule has 16 heavy (non-hydrogen) atoms. The maximum Gasteiger partial charge on any atom is 0.416 e. The quantitative estimate of drug-likeness (QED) is 0.569. The highest BCUT2D eigenvalue weighted by Gasteiger charge is 2.33. The van der Waals surface area contributed by atoms with E-state index in [1.807, 2.05) is 0 Å². The molecule has 0 N–H and O–H groups in total. The predicted molar refractivity (Wildman–Crippen MR) is 47.8 cm³/mol. The zero-order chi connectivity index (χ0) is 12.5. The molecule has 0 saturated heterocycles. The number of carbonyl (C=O) groups excluding carboxylic acids is 1. The summed E-state index contributed by atoms with van der Waals surface area (Å²) in [7, 11) is 0.927. The number of hydrogen-bond donors (Lipinski definition) is 0. The molecular weight excluding hydrogens is 252 g/mol. The zero-order valence-corrected chi connectivity index (χ0v) is 8.62. The number of ether oxygens (including phenoxy) is 1. The van der Waals surface area contributed by atoms with Crippen LogP contribution in [0.25, 0.3) is 0 Å². The number of carbonyl (C=O) groups is 1. The molecule has 7 heteroatoms. The Morgan fingerprint density at radius 2 is 1.94 bits per heavy atom. The molecule has 0 unspecified atom stereocenters. The van der Waals surface area contributed by atoms with E-state index in [1.54, 1.807) is 0 Å². The van der Waals surface area contributed by atoms with Gasteiger partial charge in [-0.2, -0.15) is 13.2 Å². The second-order valence-electron chi connectivity index (χ2n) is 2.81. The van der Waals surface area contributed by atoms with Crippen LogP contribution in [0, 0.1) is 5.82 Å². The van der Waals surface area contributed by atoms with Crippen molar-refractivity contribution in [3.05, 3.63) is 34.1 Å². The van der Waals surface area contributed by atoms with Crippen LogP contribution in [0.2, 0.25) is 5.02 Å². The van der Waals surface area contributed by atoms with Gasteiger partial charge in [0.05, 0.1) is 23.3 Å². The van der Waals surface area contributed by atoms with Crippen molar-refractivity contribution in [1.29, 1.82) is 0 Å². The minimum absolute atomic E-state index is 0.354. The molecule has 0 atom stereocenters. The molecule has 2 nitrogen and oxygen atoms in total. The molecule has 0 aliphatic carbocycles. The highest BCUT2D eigenvalue weighted by Crippen LogP contribution is 2.33. The molecule has 0 fully saturated rings. The molecule has 1 aromatic rings. The summed E-state index contributed by atoms with van der Waals surface area (Å²) in [5.74, 6) is -2.45. The Morgan fingerprint density at radius 3 is 2.38 bits per heavy atom. The number of halogens is 5. The van der Waals surface area contributed by atoms with Crippen LogP contribution in [0.4, 0.5) is 17.6 Å². The zero-order valence-electron chi connectivity index (χ0n) is 7.86. The first-order valence-corrected chi connectivity index (χ1v) is 4.29. The van der Waals surface area contributed by atoms with Crippen molar-refractivity contribution in [3.8, 4) is 0 Å². The second-order valence-corrected chi connectivity index (χ2v) is 3.22. The lowest BCUT2D eigenvalue weighted by atomic mass is 10.1. The summed E-state index contributed by atoms with van der Waals surface area (Å²) < 4.78 is 54.3. The molecule has 0 aromatic heterocycles. The van der Waals surface area contributed by atoms with Gasteiger partial charge < -0.3 is 4.74 Å². The number of rotatable bonds is 1. The molecule has 0 amide bonds. The van der Waals surface area contributed by atoms with Gasteiger partial charge in [0.15, 0.2) is 5.82 Å². The molecule has 0 radical (unpaired) electrons. The van der Waals surface area contributed by atoms with E-state index in [9.17, 15) is 22.4 Å². The van der Waals surface area contributed by atoms with Crippen molar-refractivity contribution >= 4 is 17.6 Å². The highest BCUT2D eigenvalue weighted by molar-refractivity contribution is 6.31. The fourth-order valence-electron chi connectivity index (χ4n) is 1.01. The molecular formula is C9H5ClF4O2. The van der Waals surface area contributed by atoms with E-state index in [2.05, 4.69) is 4.74 Å². The van der Waals surface area contributed by atoms with Gasteiger partial charge in [-0.3, -0.25) is 0 Å². The van der Waals surface area contributed by atoms with Gasteiger partial charge in [-0.25, -0.2) is 9.18 Å². The molecule has 1 rings (SSSR count). The molecule has 1 aromatic carbocycles. The summed E-state index contributed by atoms with van der Waals surface area (Å²) in [6, 6.07) is 0.760. The van der Waals surface area contributed by atoms with Crippen LogP contribution in [0.1, 0.15) is 15.9 Å². The number of alkyl halides is 3. The van der Waals surface area contributed by atoms with Crippen molar-refractivity contribution in [2.75, 3.05) is 7.11 Å². The average molecular weight is 257 g/mol. The topological polar surface area (TPSA) is 26.3 Å². The largest absolute Gasteiger partial charge is 0.465 e. The van der Waals surface area contributed by atoms with Gasteiger partial charge >= 0.3 is 12.1 Å². The van der Waals surface area contributed by atoms with Gasteiger partial charge in [0.1, 0.15) is 0 Å². The summed E-state index contributed by atoms with van der Waals surface area (Å²) in [6.07, 6.45) is -4.71. The highest BCUT2D eigenvalue weighted by atomic mass is 35.5. The lowest BCUT2D eigenvalue weighted by Gasteiger charge is -2.10. The monoisotopic (exact) mass is 256 g/mol. The molecule has 0 heterocycles. The predicted octanol–water partition coefficient (Wildman–Crippen LogP) is 3.28. The van der Waals surface area contributed by atoms with Crippen molar-refractivity contribution in [2.24, 2.45) is 0 Å². The Morgan fingerprint density at radius 1 is 1.38 bits per heavy atom. The van der Waals surface area contributed by atoms with Crippen LogP contribution in [0.5, 0.6) is 0 Å². The first kappa shape index (κ1) is 12.8. The van der Waals surface area contributed by atoms with Gasteiger partial charge in [0.25, 0.3) is 0 Å². The lowest BCUT2D eigenvalue weighted by molar-refractivity contribution is -0.137. The molecule has 0 saturated carbocycles. The number of esters is 1. The van der Waals surface area contributed by atoms with Crippen LogP contribution >= 0.6 is 11.6 Å². The van der Waals surface area contributed by atoms with Crippen LogP contribution in [0.15, 0.2) is 12.1 Å². The first-order chi connectivity index (χ1) is 7.27. The average Bonchev–Trinajstić information content (AvgIpc) is 2.19. The van der Waals surface area contributed by atoms with E-state index in [-0.39, 0.29) is 0 Å². The maximum absolute atomic E-state index is 13.2. The third-order valence-corrected chi connectivity index (χ3v) is 2.04. The summed E-state index contributed by atoms with van der Waals surface area (Å²) in [6.45, 7) is 0. The number of methoxy groups -OCH3 is 1. The Labute approximate surface area is 92.8 Å². The Balaban J connectivity index is 3.39. The van der Waals surface area contributed by atoms with E-state index >= 15 is 0 Å². The summed E-state index contributed by atoms with van der Waals surface area (Å²) in [4.78, 5) is 11.0. The first-order valence-electron chi connectivity index (χ1n) is 3.92. The van der Waals surface area contributed by atoms with E-state index in [4.69, 9.17) is 11.6 Å². The van der Waals surface area contributed by atoms with Gasteiger partial charge in [0, 0.05) is 0 Å². The minimum Gasteiger partial charge on any atom is -0.465 e. The Hall–Kier alpha value is -1.30. The van der Waals surface area contributed by atoms with Crippen LogP contribution < -0.4 is 0 Å². The SMILES string of the molecule is COC(=O)c1cc(C(F)(F)F)cc(Cl)c1F. The fraction of sp³-hybridized carbons (Fsp3) is 0.222. The van der Waals surface area contributed by atoms with Crippen LogP contribution in [0.3, 0.4) is 0 Å². The molecule has 88 valence electrons. The lowest BCUT2D eigenvalue weighted by Crippen LogP contribution is -2.11. The summed E-state index contributed by atoms with van der Waals surface area (Å²) in [5.41, 5.74) is -2.05. The summed E-state index contributed by atoms with van der Waals surface area (Å²) in [5, 5.41) is -0.782. The van der Waals surface area contributed by atoms with E-state index in [0.717, 1.165) is 7.11 Å². The Bertz CT molecular complexity index is 428.